The molecule has 1 amide bonds. The number of nitrogens with zero attached hydrogens (tertiary/aromatic N) is 3. The molecule has 0 saturated carbocycles. The van der Waals surface area contributed by atoms with Gasteiger partial charge in [0.05, 0.1) is 0 Å². The molecule has 25 heavy (non-hydrogen) atoms. The smallest absolute Gasteiger partial charge is 0.274 e. The van der Waals surface area contributed by atoms with Gasteiger partial charge in [-0.3, -0.25) is 9.89 Å². The largest absolute Gasteiger partial charge is 0.336 e. The number of aromatic nitrogens is 2. The second-order valence-electron chi connectivity index (χ2n) is 8.15. The van der Waals surface area contributed by atoms with E-state index in [1.165, 1.54) is 5.56 Å². The summed E-state index contributed by atoms with van der Waals surface area (Å²) in [4.78, 5) is 17.4. The van der Waals surface area contributed by atoms with E-state index >= 15 is 0 Å². The Morgan fingerprint density at radius 2 is 2.04 bits per heavy atom. The first-order valence-corrected chi connectivity index (χ1v) is 9.04. The van der Waals surface area contributed by atoms with Gasteiger partial charge in [0.1, 0.15) is 0 Å². The summed E-state index contributed by atoms with van der Waals surface area (Å²) in [5.41, 5.74) is 4.20. The van der Waals surface area contributed by atoms with Crippen LogP contribution in [0.5, 0.6) is 0 Å². The number of benzene rings is 1. The number of aromatic amines is 1. The van der Waals surface area contributed by atoms with Gasteiger partial charge in [-0.05, 0) is 18.0 Å². The minimum atomic E-state index is 0.0597. The molecule has 3 heterocycles. The highest BCUT2D eigenvalue weighted by Gasteiger charge is 2.43. The van der Waals surface area contributed by atoms with E-state index < -0.39 is 0 Å². The molecule has 0 unspecified atom stereocenters. The van der Waals surface area contributed by atoms with E-state index in [0.29, 0.717) is 11.6 Å². The molecule has 2 aromatic rings. The second kappa shape index (κ2) is 5.99. The highest BCUT2D eigenvalue weighted by molar-refractivity contribution is 5.94. The van der Waals surface area contributed by atoms with Crippen molar-refractivity contribution in [3.8, 4) is 0 Å². The number of hydrogen-bond donors (Lipinski definition) is 1. The summed E-state index contributed by atoms with van der Waals surface area (Å²) in [7, 11) is 2.09. The van der Waals surface area contributed by atoms with E-state index in [1.54, 1.807) is 0 Å². The predicted molar refractivity (Wildman–Crippen MR) is 97.5 cm³/mol. The van der Waals surface area contributed by atoms with Crippen LogP contribution in [-0.4, -0.2) is 52.6 Å². The first-order valence-electron chi connectivity index (χ1n) is 9.04. The molecule has 2 aliphatic heterocycles. The molecular formula is C20H26N4O. The van der Waals surface area contributed by atoms with Gasteiger partial charge in [-0.15, -0.1) is 0 Å². The maximum Gasteiger partial charge on any atom is 0.274 e. The molecule has 1 N–H and O–H groups in total. The highest BCUT2D eigenvalue weighted by Crippen LogP contribution is 2.42. The van der Waals surface area contributed by atoms with Crippen LogP contribution in [0.15, 0.2) is 30.3 Å². The molecule has 2 aliphatic rings. The summed E-state index contributed by atoms with van der Waals surface area (Å²) in [5.74, 6) is 0.425. The monoisotopic (exact) mass is 338 g/mol. The number of likely N-dealkylation sites (tertiary alicyclic amines) is 1. The lowest BCUT2D eigenvalue weighted by molar-refractivity contribution is 0.0770. The van der Waals surface area contributed by atoms with Gasteiger partial charge >= 0.3 is 0 Å². The number of likely N-dealkylation sites (N-methyl/N-ethyl adjacent to an activating group) is 1. The van der Waals surface area contributed by atoms with Crippen LogP contribution in [0.1, 0.15) is 47.1 Å². The van der Waals surface area contributed by atoms with Gasteiger partial charge in [0.25, 0.3) is 5.91 Å². The van der Waals surface area contributed by atoms with Gasteiger partial charge in [-0.25, -0.2) is 0 Å². The van der Waals surface area contributed by atoms with Crippen LogP contribution < -0.4 is 0 Å². The van der Waals surface area contributed by atoms with Crippen molar-refractivity contribution in [3.05, 3.63) is 52.8 Å². The first kappa shape index (κ1) is 16.3. The second-order valence-corrected chi connectivity index (χ2v) is 8.15. The van der Waals surface area contributed by atoms with E-state index in [-0.39, 0.29) is 11.3 Å². The highest BCUT2D eigenvalue weighted by atomic mass is 16.2. The van der Waals surface area contributed by atoms with Crippen molar-refractivity contribution in [2.75, 3.05) is 26.7 Å². The van der Waals surface area contributed by atoms with Crippen molar-refractivity contribution in [2.24, 2.45) is 5.41 Å². The molecule has 4 rings (SSSR count). The molecule has 1 atom stereocenters. The molecule has 0 aliphatic carbocycles. The molecule has 0 bridgehead atoms. The molecule has 0 radical (unpaired) electrons. The number of fused-ring (bicyclic) bond motifs is 1. The number of amides is 1. The predicted octanol–water partition coefficient (Wildman–Crippen LogP) is 2.66. The fourth-order valence-electron chi connectivity index (χ4n) is 4.29. The minimum Gasteiger partial charge on any atom is -0.336 e. The zero-order valence-corrected chi connectivity index (χ0v) is 15.2. The van der Waals surface area contributed by atoms with Crippen LogP contribution in [0.3, 0.4) is 0 Å². The quantitative estimate of drug-likeness (QED) is 0.916. The van der Waals surface area contributed by atoms with E-state index in [2.05, 4.69) is 60.3 Å². The Kier molecular flexibility index (Phi) is 3.91. The minimum absolute atomic E-state index is 0.0597. The SMILES string of the molecule is CN1CCc2[nH]nc(C(=O)N3C[C@@H](c4ccccc4)C(C)(C)C3)c2C1. The number of rotatable bonds is 2. The third-order valence-corrected chi connectivity index (χ3v) is 5.76. The zero-order valence-electron chi connectivity index (χ0n) is 15.2. The van der Waals surface area contributed by atoms with Crippen LogP contribution in [0.25, 0.3) is 0 Å². The average molecular weight is 338 g/mol. The topological polar surface area (TPSA) is 52.2 Å². The number of nitrogens with one attached hydrogen (secondary N) is 1. The summed E-state index contributed by atoms with van der Waals surface area (Å²) in [6.45, 7) is 7.84. The molecular weight excluding hydrogens is 312 g/mol. The van der Waals surface area contributed by atoms with E-state index in [0.717, 1.165) is 43.9 Å². The van der Waals surface area contributed by atoms with Gasteiger partial charge in [-0.2, -0.15) is 5.10 Å². The Labute approximate surface area is 149 Å². The third-order valence-electron chi connectivity index (χ3n) is 5.76. The van der Waals surface area contributed by atoms with Crippen LogP contribution in [0.2, 0.25) is 0 Å². The number of carbonyl (C=O) groups excluding carboxylic acids is 1. The number of H-pyrrole nitrogens is 1. The van der Waals surface area contributed by atoms with Gasteiger partial charge < -0.3 is 9.80 Å². The van der Waals surface area contributed by atoms with Crippen LogP contribution >= 0.6 is 0 Å². The summed E-state index contributed by atoms with van der Waals surface area (Å²) in [6.07, 6.45) is 0.935. The van der Waals surface area contributed by atoms with Gasteiger partial charge in [0.2, 0.25) is 0 Å². The van der Waals surface area contributed by atoms with Crippen molar-refractivity contribution in [3.63, 3.8) is 0 Å². The zero-order chi connectivity index (χ0) is 17.6. The maximum absolute atomic E-state index is 13.2. The van der Waals surface area contributed by atoms with Crippen molar-refractivity contribution < 1.29 is 4.79 Å². The fraction of sp³-hybridized carbons (Fsp3) is 0.500. The van der Waals surface area contributed by atoms with Crippen molar-refractivity contribution in [1.29, 1.82) is 0 Å². The normalized spacial score (nSPS) is 22.8. The molecule has 0 spiro atoms. The molecule has 1 fully saturated rings. The Hall–Kier alpha value is -2.14. The van der Waals surface area contributed by atoms with E-state index in [1.807, 2.05) is 11.0 Å². The maximum atomic E-state index is 13.2. The lowest BCUT2D eigenvalue weighted by Crippen LogP contribution is -2.33. The fourth-order valence-corrected chi connectivity index (χ4v) is 4.29. The summed E-state index contributed by atoms with van der Waals surface area (Å²) < 4.78 is 0. The first-order chi connectivity index (χ1) is 12.0. The Balaban J connectivity index is 1.59. The lowest BCUT2D eigenvalue weighted by Gasteiger charge is -2.25. The van der Waals surface area contributed by atoms with Crippen molar-refractivity contribution >= 4 is 5.91 Å². The van der Waals surface area contributed by atoms with Crippen LogP contribution in [0.4, 0.5) is 0 Å². The van der Waals surface area contributed by atoms with E-state index in [9.17, 15) is 4.79 Å². The molecule has 1 aromatic carbocycles. The average Bonchev–Trinajstić information content (AvgIpc) is 3.15. The molecule has 132 valence electrons. The summed E-state index contributed by atoms with van der Waals surface area (Å²) >= 11 is 0. The standard InChI is InChI=1S/C20H26N4O/c1-20(2)13-24(12-16(20)14-7-5-4-6-8-14)19(25)18-15-11-23(3)10-9-17(15)21-22-18/h4-8,16H,9-13H2,1-3H3,(H,21,22)/t16-/m0/s1. The number of carbonyl (C=O) groups is 1. The summed E-state index contributed by atoms with van der Waals surface area (Å²) in [5, 5.41) is 7.47. The summed E-state index contributed by atoms with van der Waals surface area (Å²) in [6, 6.07) is 10.5. The van der Waals surface area contributed by atoms with E-state index in [4.69, 9.17) is 0 Å². The van der Waals surface area contributed by atoms with Crippen molar-refractivity contribution in [2.45, 2.75) is 32.7 Å². The van der Waals surface area contributed by atoms with Crippen molar-refractivity contribution in [1.82, 2.24) is 20.0 Å². The van der Waals surface area contributed by atoms with Gasteiger partial charge in [-0.1, -0.05) is 44.2 Å². The Morgan fingerprint density at radius 1 is 1.28 bits per heavy atom. The third kappa shape index (κ3) is 2.86. The molecule has 5 nitrogen and oxygen atoms in total. The Bertz CT molecular complexity index is 780. The van der Waals surface area contributed by atoms with Crippen LogP contribution in [0, 0.1) is 5.41 Å². The molecule has 5 heteroatoms. The number of hydrogen-bond acceptors (Lipinski definition) is 3. The van der Waals surface area contributed by atoms with Gasteiger partial charge in [0.15, 0.2) is 5.69 Å². The Morgan fingerprint density at radius 3 is 2.80 bits per heavy atom. The van der Waals surface area contributed by atoms with Gasteiger partial charge in [0, 0.05) is 49.8 Å². The van der Waals surface area contributed by atoms with Crippen LogP contribution in [-0.2, 0) is 13.0 Å². The molecule has 1 saturated heterocycles. The lowest BCUT2D eigenvalue weighted by atomic mass is 9.78. The molecule has 1 aromatic heterocycles.